The molecule has 2 saturated heterocycles. The van der Waals surface area contributed by atoms with Gasteiger partial charge in [-0.05, 0) is 19.3 Å². The molecule has 0 aliphatic carbocycles. The largest absolute Gasteiger partial charge is 0.379 e. The minimum atomic E-state index is -2.03. The maximum atomic E-state index is 12.6. The van der Waals surface area contributed by atoms with Crippen molar-refractivity contribution in [2.75, 3.05) is 26.4 Å². The maximum Gasteiger partial charge on any atom is 0.277 e. The minimum Gasteiger partial charge on any atom is -0.379 e. The van der Waals surface area contributed by atoms with Gasteiger partial charge in [0.2, 0.25) is 0 Å². The number of unbranched alkanes of at least 4 members (excludes halogenated alkanes) is 3. The molecule has 2 unspecified atom stereocenters. The van der Waals surface area contributed by atoms with Gasteiger partial charge in [0, 0.05) is 19.8 Å². The normalized spacial score (nSPS) is 29.0. The fraction of sp³-hybridized carbons (Fsp3) is 0.950. The number of nitrogens with zero attached hydrogens (tertiary/aromatic N) is 1. The van der Waals surface area contributed by atoms with E-state index in [9.17, 15) is 4.79 Å². The third-order valence-corrected chi connectivity index (χ3v) is 5.64. The third kappa shape index (κ3) is 7.09. The van der Waals surface area contributed by atoms with Gasteiger partial charge in [0.25, 0.3) is 9.70 Å². The summed E-state index contributed by atoms with van der Waals surface area (Å²) in [5.74, 6) is -0.596. The topological polar surface area (TPSA) is 57.0 Å². The van der Waals surface area contributed by atoms with Gasteiger partial charge in [-0.1, -0.05) is 74.8 Å². The first kappa shape index (κ1) is 25.4. The molecule has 0 saturated carbocycles. The van der Waals surface area contributed by atoms with Crippen LogP contribution in [0.3, 0.4) is 0 Å². The molecule has 2 rings (SSSR count). The molecule has 2 aliphatic heterocycles. The van der Waals surface area contributed by atoms with Crippen molar-refractivity contribution >= 4 is 40.7 Å². The number of hydrogen-bond donors (Lipinski definition) is 0. The van der Waals surface area contributed by atoms with Gasteiger partial charge in [-0.15, -0.1) is 0 Å². The lowest BCUT2D eigenvalue weighted by Gasteiger charge is -2.36. The van der Waals surface area contributed by atoms with E-state index in [1.54, 1.807) is 0 Å². The summed E-state index contributed by atoms with van der Waals surface area (Å²) in [5, 5.41) is 0. The van der Waals surface area contributed by atoms with E-state index in [0.717, 1.165) is 38.5 Å². The molecule has 0 N–H and O–H groups in total. The van der Waals surface area contributed by atoms with Crippen molar-refractivity contribution < 1.29 is 23.7 Å². The van der Waals surface area contributed by atoms with Crippen molar-refractivity contribution in [3.8, 4) is 0 Å². The van der Waals surface area contributed by atoms with Gasteiger partial charge in [-0.2, -0.15) is 0 Å². The van der Waals surface area contributed by atoms with Crippen molar-refractivity contribution in [2.24, 2.45) is 0 Å². The van der Waals surface area contributed by atoms with Crippen LogP contribution < -0.4 is 0 Å². The molecule has 1 amide bonds. The SMILES string of the molecule is CCCCOCC1O[C@H]2C([C@@H](OCCCC)[C@H]1OCCCC)N2C(=O)C(Cl)(Cl)Cl. The monoisotopic (exact) mass is 473 g/mol. The zero-order chi connectivity index (χ0) is 21.4. The Balaban J connectivity index is 2.14. The van der Waals surface area contributed by atoms with Gasteiger partial charge in [0.05, 0.1) is 6.61 Å². The number of hydrogen-bond acceptors (Lipinski definition) is 5. The lowest BCUT2D eigenvalue weighted by molar-refractivity contribution is -0.185. The van der Waals surface area contributed by atoms with E-state index < -0.39 is 15.9 Å². The van der Waals surface area contributed by atoms with Gasteiger partial charge in [0.15, 0.2) is 6.23 Å². The Labute approximate surface area is 189 Å². The lowest BCUT2D eigenvalue weighted by Crippen LogP contribution is -2.52. The number of halogens is 3. The number of alkyl halides is 3. The molecule has 170 valence electrons. The maximum absolute atomic E-state index is 12.6. The van der Waals surface area contributed by atoms with Crippen LogP contribution in [0.2, 0.25) is 0 Å². The predicted octanol–water partition coefficient (Wildman–Crippen LogP) is 4.48. The predicted molar refractivity (Wildman–Crippen MR) is 115 cm³/mol. The van der Waals surface area contributed by atoms with Crippen molar-refractivity contribution in [3.63, 3.8) is 0 Å². The van der Waals surface area contributed by atoms with Gasteiger partial charge in [-0.25, -0.2) is 0 Å². The summed E-state index contributed by atoms with van der Waals surface area (Å²) < 4.78 is 22.3. The molecule has 2 aliphatic rings. The first-order chi connectivity index (χ1) is 13.9. The first-order valence-electron chi connectivity index (χ1n) is 10.7. The van der Waals surface area contributed by atoms with Crippen LogP contribution in [0.25, 0.3) is 0 Å². The first-order valence-corrected chi connectivity index (χ1v) is 11.9. The molecule has 6 nitrogen and oxygen atoms in total. The van der Waals surface area contributed by atoms with Crippen LogP contribution in [-0.4, -0.2) is 71.6 Å². The van der Waals surface area contributed by atoms with Gasteiger partial charge in [-0.3, -0.25) is 4.79 Å². The number of amides is 1. The molecule has 0 aromatic rings. The van der Waals surface area contributed by atoms with Crippen molar-refractivity contribution in [1.82, 2.24) is 4.90 Å². The van der Waals surface area contributed by atoms with Crippen LogP contribution in [0.5, 0.6) is 0 Å². The van der Waals surface area contributed by atoms with Crippen LogP contribution in [0.4, 0.5) is 0 Å². The molecule has 0 aromatic heterocycles. The summed E-state index contributed by atoms with van der Waals surface area (Å²) in [7, 11) is 0. The average Bonchev–Trinajstić information content (AvgIpc) is 3.39. The molecule has 0 radical (unpaired) electrons. The number of ether oxygens (including phenoxy) is 4. The Morgan fingerprint density at radius 2 is 1.48 bits per heavy atom. The van der Waals surface area contributed by atoms with E-state index in [0.29, 0.717) is 26.4 Å². The standard InChI is InChI=1S/C20H34Cl3NO5/c1-4-7-10-26-13-14-16(27-11-8-5-2)17(28-12-9-6-3)15-18(29-14)24(15)19(25)20(21,22)23/h14-18H,4-13H2,1-3H3/t14?,15?,16-,17+,18-,24?/m0/s1. The van der Waals surface area contributed by atoms with E-state index in [-0.39, 0.29) is 24.4 Å². The zero-order valence-corrected chi connectivity index (χ0v) is 19.8. The second-order valence-electron chi connectivity index (χ2n) is 7.57. The van der Waals surface area contributed by atoms with Crippen LogP contribution >= 0.6 is 34.8 Å². The summed E-state index contributed by atoms with van der Waals surface area (Å²) >= 11 is 17.5. The van der Waals surface area contributed by atoms with E-state index >= 15 is 0 Å². The Kier molecular flexibility index (Phi) is 10.8. The molecule has 2 heterocycles. The summed E-state index contributed by atoms with van der Waals surface area (Å²) in [6, 6.07) is -0.312. The Morgan fingerprint density at radius 1 is 0.931 bits per heavy atom. The van der Waals surface area contributed by atoms with Gasteiger partial charge < -0.3 is 23.8 Å². The van der Waals surface area contributed by atoms with E-state index in [1.807, 2.05) is 0 Å². The molecular weight excluding hydrogens is 441 g/mol. The van der Waals surface area contributed by atoms with Crippen molar-refractivity contribution in [1.29, 1.82) is 0 Å². The average molecular weight is 475 g/mol. The van der Waals surface area contributed by atoms with E-state index in [4.69, 9.17) is 53.8 Å². The van der Waals surface area contributed by atoms with E-state index in [1.165, 1.54) is 4.90 Å². The summed E-state index contributed by atoms with van der Waals surface area (Å²) in [6.45, 7) is 8.54. The smallest absolute Gasteiger partial charge is 0.277 e. The van der Waals surface area contributed by atoms with Crippen molar-refractivity contribution in [3.05, 3.63) is 0 Å². The lowest BCUT2D eigenvalue weighted by atomic mass is 10.0. The summed E-state index contributed by atoms with van der Waals surface area (Å²) in [6.07, 6.45) is 4.44. The molecule has 0 bridgehead atoms. The second-order valence-corrected chi connectivity index (χ2v) is 9.85. The molecule has 0 aromatic carbocycles. The van der Waals surface area contributed by atoms with Crippen LogP contribution in [0.1, 0.15) is 59.3 Å². The Bertz CT molecular complexity index is 505. The Morgan fingerprint density at radius 3 is 2.03 bits per heavy atom. The fourth-order valence-electron chi connectivity index (χ4n) is 3.46. The highest BCUT2D eigenvalue weighted by Gasteiger charge is 2.66. The zero-order valence-electron chi connectivity index (χ0n) is 17.6. The molecule has 5 atom stereocenters. The van der Waals surface area contributed by atoms with Gasteiger partial charge in [0.1, 0.15) is 24.4 Å². The highest BCUT2D eigenvalue weighted by Crippen LogP contribution is 2.46. The van der Waals surface area contributed by atoms with Crippen LogP contribution in [-0.2, 0) is 23.7 Å². The molecule has 2 fully saturated rings. The molecule has 0 spiro atoms. The highest BCUT2D eigenvalue weighted by molar-refractivity contribution is 6.76. The highest BCUT2D eigenvalue weighted by atomic mass is 35.6. The second kappa shape index (κ2) is 12.3. The van der Waals surface area contributed by atoms with Crippen LogP contribution in [0, 0.1) is 0 Å². The van der Waals surface area contributed by atoms with E-state index in [2.05, 4.69) is 20.8 Å². The number of rotatable bonds is 13. The summed E-state index contributed by atoms with van der Waals surface area (Å²) in [5.41, 5.74) is 0. The fourth-order valence-corrected chi connectivity index (χ4v) is 3.75. The Hall–Kier alpha value is 0.180. The quantitative estimate of drug-likeness (QED) is 0.224. The van der Waals surface area contributed by atoms with Gasteiger partial charge >= 0.3 is 0 Å². The summed E-state index contributed by atoms with van der Waals surface area (Å²) in [4.78, 5) is 14.0. The number of carbonyl (C=O) groups excluding carboxylic acids is 1. The van der Waals surface area contributed by atoms with Crippen LogP contribution in [0.15, 0.2) is 0 Å². The molecule has 29 heavy (non-hydrogen) atoms. The molecular formula is C20H34Cl3NO5. The number of fused-ring (bicyclic) bond motifs is 1. The van der Waals surface area contributed by atoms with Crippen molar-refractivity contribution in [2.45, 2.75) is 93.7 Å². The molecule has 9 heteroatoms. The minimum absolute atomic E-state index is 0.312. The third-order valence-electron chi connectivity index (χ3n) is 5.16. The number of carbonyl (C=O) groups is 1.